The summed E-state index contributed by atoms with van der Waals surface area (Å²) >= 11 is 0. The van der Waals surface area contributed by atoms with Crippen molar-refractivity contribution in [2.45, 2.75) is 33.2 Å². The first-order valence-corrected chi connectivity index (χ1v) is 13.3. The number of carbonyl (C=O) groups excluding carboxylic acids is 2. The van der Waals surface area contributed by atoms with E-state index in [1.807, 2.05) is 0 Å². The lowest BCUT2D eigenvalue weighted by Crippen LogP contribution is -2.42. The van der Waals surface area contributed by atoms with Gasteiger partial charge in [-0.25, -0.2) is 22.7 Å². The van der Waals surface area contributed by atoms with E-state index in [9.17, 15) is 23.6 Å². The molecule has 0 fully saturated rings. The molecule has 220 valence electrons. The molecule has 0 spiro atoms. The van der Waals surface area contributed by atoms with Gasteiger partial charge in [0.1, 0.15) is 16.9 Å². The highest BCUT2D eigenvalue weighted by atomic mass is 19.1. The van der Waals surface area contributed by atoms with Crippen LogP contribution in [0.15, 0.2) is 82.8 Å². The van der Waals surface area contributed by atoms with Crippen molar-refractivity contribution in [1.82, 2.24) is 18.7 Å². The molecule has 2 aromatic carbocycles. The molecule has 1 amide bonds. The second-order valence-corrected chi connectivity index (χ2v) is 10.2. The van der Waals surface area contributed by atoms with Crippen LogP contribution in [0.5, 0.6) is 11.5 Å². The number of pyridine rings is 1. The van der Waals surface area contributed by atoms with Crippen LogP contribution in [0.25, 0.3) is 11.2 Å². The van der Waals surface area contributed by atoms with Gasteiger partial charge in [0.05, 0.1) is 23.8 Å². The highest BCUT2D eigenvalue weighted by Crippen LogP contribution is 2.32. The molecule has 0 N–H and O–H groups in total. The Morgan fingerprint density at radius 1 is 0.977 bits per heavy atom. The fraction of sp³-hybridized carbons (Fsp3) is 0.194. The molecule has 12 heteroatoms. The average molecular weight is 588 g/mol. The lowest BCUT2D eigenvalue weighted by atomic mass is 10.0. The van der Waals surface area contributed by atoms with Gasteiger partial charge >= 0.3 is 5.69 Å². The van der Waals surface area contributed by atoms with Gasteiger partial charge in [0.15, 0.2) is 23.1 Å². The van der Waals surface area contributed by atoms with Crippen molar-refractivity contribution >= 4 is 22.9 Å². The van der Waals surface area contributed by atoms with Crippen LogP contribution < -0.4 is 20.9 Å². The third kappa shape index (κ3) is 5.71. The Kier molecular flexibility index (Phi) is 7.77. The van der Waals surface area contributed by atoms with Crippen LogP contribution in [-0.2, 0) is 11.2 Å². The summed E-state index contributed by atoms with van der Waals surface area (Å²) in [5.41, 5.74) is -0.413. The average Bonchev–Trinajstić information content (AvgIpc) is 3.44. The van der Waals surface area contributed by atoms with Crippen LogP contribution in [-0.4, -0.2) is 37.5 Å². The molecule has 0 bridgehead atoms. The summed E-state index contributed by atoms with van der Waals surface area (Å²) < 4.78 is 38.2. The zero-order chi connectivity index (χ0) is 31.0. The second kappa shape index (κ2) is 11.5. The van der Waals surface area contributed by atoms with Crippen molar-refractivity contribution < 1.29 is 23.1 Å². The fourth-order valence-electron chi connectivity index (χ4n) is 4.52. The first kappa shape index (κ1) is 29.1. The number of carbonyl (C=O) groups is 2. The molecule has 0 aliphatic carbocycles. The number of nitrogens with zero attached hydrogens (tertiary/aromatic N) is 5. The number of anilines is 1. The molecular formula is C31H27F2N5O5. The molecule has 3 heterocycles. The molecule has 43 heavy (non-hydrogen) atoms. The first-order chi connectivity index (χ1) is 20.4. The van der Waals surface area contributed by atoms with E-state index in [1.165, 1.54) is 57.6 Å². The van der Waals surface area contributed by atoms with Gasteiger partial charge in [-0.3, -0.25) is 19.0 Å². The molecule has 0 saturated heterocycles. The van der Waals surface area contributed by atoms with E-state index < -0.39 is 34.7 Å². The number of Topliss-reactive ketones (excluding diaryl/α,β-unsaturated/α-hetero) is 1. The number of hydrogen-bond donors (Lipinski definition) is 0. The van der Waals surface area contributed by atoms with Crippen molar-refractivity contribution in [3.8, 4) is 17.2 Å². The summed E-state index contributed by atoms with van der Waals surface area (Å²) in [5, 5.41) is 4.18. The minimum Gasteiger partial charge on any atom is -0.452 e. The van der Waals surface area contributed by atoms with Crippen LogP contribution in [0.2, 0.25) is 0 Å². The number of amides is 1. The monoisotopic (exact) mass is 587 g/mol. The summed E-state index contributed by atoms with van der Waals surface area (Å²) in [6.07, 6.45) is 4.05. The Bertz CT molecular complexity index is 1990. The quantitative estimate of drug-likeness (QED) is 0.244. The Balaban J connectivity index is 1.46. The minimum atomic E-state index is -0.862. The third-order valence-electron chi connectivity index (χ3n) is 6.95. The van der Waals surface area contributed by atoms with Crippen molar-refractivity contribution in [1.29, 1.82) is 0 Å². The van der Waals surface area contributed by atoms with Crippen LogP contribution in [0.4, 0.5) is 14.5 Å². The first-order valence-electron chi connectivity index (χ1n) is 13.3. The van der Waals surface area contributed by atoms with Crippen LogP contribution >= 0.6 is 0 Å². The molecule has 0 saturated carbocycles. The van der Waals surface area contributed by atoms with Gasteiger partial charge in [0.2, 0.25) is 5.91 Å². The molecule has 0 aliphatic rings. The van der Waals surface area contributed by atoms with Crippen LogP contribution in [0, 0.1) is 11.6 Å². The third-order valence-corrected chi connectivity index (χ3v) is 6.95. The second-order valence-electron chi connectivity index (χ2n) is 10.2. The normalized spacial score (nSPS) is 11.2. The standard InChI is InChI=1S/C31H27F2N5O5/c1-18(2)36-17-24(30(41)38(31(36)42)22-8-6-21(32)7-9-22)27(40)14-20-5-10-28(25(33)13-20)43-29-15-23(35(4)19(3)39)16-37-26(29)11-12-34-37/h5-13,15-18H,14H2,1-4H3. The highest BCUT2D eigenvalue weighted by Gasteiger charge is 2.21. The van der Waals surface area contributed by atoms with E-state index in [4.69, 9.17) is 4.74 Å². The van der Waals surface area contributed by atoms with Crippen molar-refractivity contribution in [2.24, 2.45) is 0 Å². The van der Waals surface area contributed by atoms with Gasteiger partial charge in [0, 0.05) is 38.7 Å². The summed E-state index contributed by atoms with van der Waals surface area (Å²) in [6.45, 7) is 4.84. The molecule has 5 rings (SSSR count). The summed E-state index contributed by atoms with van der Waals surface area (Å²) in [6, 6.07) is 11.6. The molecular weight excluding hydrogens is 560 g/mol. The van der Waals surface area contributed by atoms with Crippen molar-refractivity contribution in [2.75, 3.05) is 11.9 Å². The van der Waals surface area contributed by atoms with Gasteiger partial charge < -0.3 is 9.64 Å². The smallest absolute Gasteiger partial charge is 0.335 e. The fourth-order valence-corrected chi connectivity index (χ4v) is 4.52. The maximum atomic E-state index is 15.3. The predicted molar refractivity (Wildman–Crippen MR) is 155 cm³/mol. The van der Waals surface area contributed by atoms with E-state index in [0.29, 0.717) is 11.2 Å². The SMILES string of the molecule is CC(=O)N(C)c1cc(Oc2ccc(CC(=O)c3cn(C(C)C)c(=O)n(-c4ccc(F)cc4)c3=O)cc2F)c2ccnn2c1. The highest BCUT2D eigenvalue weighted by molar-refractivity contribution is 5.97. The number of hydrogen-bond acceptors (Lipinski definition) is 6. The number of aromatic nitrogens is 4. The Hall–Kier alpha value is -5.39. The Labute approximate surface area is 244 Å². The number of benzene rings is 2. The Morgan fingerprint density at radius 2 is 1.70 bits per heavy atom. The van der Waals surface area contributed by atoms with Gasteiger partial charge in [0.25, 0.3) is 5.56 Å². The zero-order valence-corrected chi connectivity index (χ0v) is 23.7. The molecule has 0 aliphatic heterocycles. The zero-order valence-electron chi connectivity index (χ0n) is 23.7. The number of fused-ring (bicyclic) bond motifs is 1. The lowest BCUT2D eigenvalue weighted by molar-refractivity contribution is -0.116. The number of ketones is 1. The van der Waals surface area contributed by atoms with Crippen LogP contribution in [0.3, 0.4) is 0 Å². The van der Waals surface area contributed by atoms with Crippen LogP contribution in [0.1, 0.15) is 42.7 Å². The van der Waals surface area contributed by atoms with Crippen molar-refractivity contribution in [3.63, 3.8) is 0 Å². The van der Waals surface area contributed by atoms with E-state index in [2.05, 4.69) is 5.10 Å². The number of ether oxygens (including phenoxy) is 1. The minimum absolute atomic E-state index is 0.110. The van der Waals surface area contributed by atoms with Gasteiger partial charge in [-0.05, 0) is 61.9 Å². The summed E-state index contributed by atoms with van der Waals surface area (Å²) in [5.74, 6) is -2.04. The van der Waals surface area contributed by atoms with Crippen molar-refractivity contribution in [3.05, 3.63) is 117 Å². The summed E-state index contributed by atoms with van der Waals surface area (Å²) in [7, 11) is 1.59. The van der Waals surface area contributed by atoms with E-state index in [1.54, 1.807) is 39.2 Å². The molecule has 3 aromatic heterocycles. The Morgan fingerprint density at radius 3 is 2.35 bits per heavy atom. The van der Waals surface area contributed by atoms with Gasteiger partial charge in [-0.1, -0.05) is 6.07 Å². The van der Waals surface area contributed by atoms with E-state index in [0.717, 1.165) is 22.8 Å². The summed E-state index contributed by atoms with van der Waals surface area (Å²) in [4.78, 5) is 53.0. The number of halogens is 2. The van der Waals surface area contributed by atoms with Gasteiger partial charge in [-0.15, -0.1) is 0 Å². The molecule has 0 atom stereocenters. The topological polar surface area (TPSA) is 108 Å². The molecule has 10 nitrogen and oxygen atoms in total. The molecule has 5 aromatic rings. The number of rotatable bonds is 8. The lowest BCUT2D eigenvalue weighted by Gasteiger charge is -2.17. The molecule has 0 unspecified atom stereocenters. The molecule has 0 radical (unpaired) electrons. The van der Waals surface area contributed by atoms with E-state index in [-0.39, 0.29) is 40.6 Å². The van der Waals surface area contributed by atoms with E-state index >= 15 is 4.39 Å². The largest absolute Gasteiger partial charge is 0.452 e. The maximum absolute atomic E-state index is 15.3. The predicted octanol–water partition coefficient (Wildman–Crippen LogP) is 4.71. The maximum Gasteiger partial charge on any atom is 0.335 e. The van der Waals surface area contributed by atoms with Gasteiger partial charge in [-0.2, -0.15) is 5.10 Å².